The zero-order valence-electron chi connectivity index (χ0n) is 18.6. The molecular formula is C25H37N3O2. The van der Waals surface area contributed by atoms with Crippen LogP contribution in [0.3, 0.4) is 0 Å². The van der Waals surface area contributed by atoms with Crippen LogP contribution in [-0.4, -0.2) is 39.4 Å². The van der Waals surface area contributed by atoms with Gasteiger partial charge in [0.05, 0.1) is 31.1 Å². The lowest BCUT2D eigenvalue weighted by atomic mass is 9.51. The summed E-state index contributed by atoms with van der Waals surface area (Å²) in [7, 11) is 1.70. The van der Waals surface area contributed by atoms with Crippen LogP contribution in [0.4, 0.5) is 0 Å². The first-order chi connectivity index (χ1) is 14.4. The molecule has 4 aliphatic carbocycles. The van der Waals surface area contributed by atoms with Gasteiger partial charge in [-0.25, -0.2) is 0 Å². The van der Waals surface area contributed by atoms with Gasteiger partial charge in [-0.15, -0.1) is 0 Å². The average molecular weight is 412 g/mol. The second kappa shape index (κ2) is 7.59. The predicted octanol–water partition coefficient (Wildman–Crippen LogP) is 4.40. The second-order valence-corrected chi connectivity index (χ2v) is 10.8. The molecule has 0 bridgehead atoms. The van der Waals surface area contributed by atoms with Gasteiger partial charge in [0.2, 0.25) is 0 Å². The van der Waals surface area contributed by atoms with Crippen LogP contribution in [0.25, 0.3) is 0 Å². The minimum absolute atomic E-state index is 0.363. The number of nitrogens with zero attached hydrogens (tertiary/aromatic N) is 3. The van der Waals surface area contributed by atoms with Gasteiger partial charge >= 0.3 is 0 Å². The Labute approximate surface area is 180 Å². The molecule has 0 unspecified atom stereocenters. The van der Waals surface area contributed by atoms with Crippen molar-refractivity contribution in [2.75, 3.05) is 13.7 Å². The van der Waals surface area contributed by atoms with Gasteiger partial charge in [-0.1, -0.05) is 30.7 Å². The quantitative estimate of drug-likeness (QED) is 0.730. The Hall–Kier alpha value is -1.46. The number of aromatic nitrogens is 3. The van der Waals surface area contributed by atoms with Gasteiger partial charge in [-0.3, -0.25) is 0 Å². The Morgan fingerprint density at radius 1 is 1.20 bits per heavy atom. The lowest BCUT2D eigenvalue weighted by molar-refractivity contribution is -0.0676. The zero-order valence-corrected chi connectivity index (χ0v) is 18.6. The first kappa shape index (κ1) is 20.4. The Kier molecular flexibility index (Phi) is 5.18. The van der Waals surface area contributed by atoms with Gasteiger partial charge in [0.25, 0.3) is 0 Å². The summed E-state index contributed by atoms with van der Waals surface area (Å²) in [5, 5.41) is 19.5. The van der Waals surface area contributed by atoms with Gasteiger partial charge in [-0.2, -0.15) is 15.0 Å². The fourth-order valence-corrected chi connectivity index (χ4v) is 8.04. The molecule has 5 nitrogen and oxygen atoms in total. The molecule has 0 aliphatic heterocycles. The fraction of sp³-hybridized carbons (Fsp3) is 0.760. The van der Waals surface area contributed by atoms with Crippen LogP contribution in [0.2, 0.25) is 0 Å². The van der Waals surface area contributed by atoms with Crippen molar-refractivity contribution in [3.8, 4) is 0 Å². The molecule has 1 aromatic heterocycles. The van der Waals surface area contributed by atoms with E-state index in [0.717, 1.165) is 43.6 Å². The van der Waals surface area contributed by atoms with Crippen molar-refractivity contribution in [3.63, 3.8) is 0 Å². The van der Waals surface area contributed by atoms with Gasteiger partial charge in [0.1, 0.15) is 0 Å². The van der Waals surface area contributed by atoms with E-state index < -0.39 is 5.60 Å². The Balaban J connectivity index is 1.33. The first-order valence-corrected chi connectivity index (χ1v) is 11.9. The third-order valence-electron chi connectivity index (χ3n) is 9.31. The summed E-state index contributed by atoms with van der Waals surface area (Å²) in [6.07, 6.45) is 15.2. The van der Waals surface area contributed by atoms with Crippen molar-refractivity contribution in [1.29, 1.82) is 0 Å². The van der Waals surface area contributed by atoms with Crippen LogP contribution in [0.1, 0.15) is 58.3 Å². The molecule has 0 spiro atoms. The van der Waals surface area contributed by atoms with Crippen molar-refractivity contribution in [2.45, 2.75) is 70.4 Å². The van der Waals surface area contributed by atoms with E-state index in [4.69, 9.17) is 4.74 Å². The number of aliphatic hydroxyl groups is 1. The fourth-order valence-electron chi connectivity index (χ4n) is 8.04. The monoisotopic (exact) mass is 411 g/mol. The number of allylic oxidation sites excluding steroid dienone is 2. The van der Waals surface area contributed by atoms with Crippen LogP contribution in [-0.2, 0) is 11.3 Å². The topological polar surface area (TPSA) is 60.2 Å². The molecule has 0 aromatic carbocycles. The molecule has 0 radical (unpaired) electrons. The highest BCUT2D eigenvalue weighted by atomic mass is 16.5. The van der Waals surface area contributed by atoms with Crippen LogP contribution in [0.5, 0.6) is 0 Å². The Morgan fingerprint density at radius 2 is 2.00 bits per heavy atom. The number of hydrogen-bond acceptors (Lipinski definition) is 4. The highest BCUT2D eigenvalue weighted by Gasteiger charge is 2.56. The molecule has 3 saturated carbocycles. The minimum Gasteiger partial charge on any atom is -0.387 e. The SMILES string of the molecule is C=C(Cn1nccn1)[C@H]1CC[C@H]2[C@@H]3CC=C4C[C@](O)(COC)CC[C@@H]4[C@H]3CC[C@]12C. The molecule has 1 heterocycles. The van der Waals surface area contributed by atoms with Gasteiger partial charge in [0.15, 0.2) is 0 Å². The van der Waals surface area contributed by atoms with Crippen molar-refractivity contribution in [2.24, 2.45) is 35.0 Å². The van der Waals surface area contributed by atoms with Crippen molar-refractivity contribution in [1.82, 2.24) is 15.0 Å². The van der Waals surface area contributed by atoms with E-state index in [1.54, 1.807) is 24.3 Å². The Morgan fingerprint density at radius 3 is 2.77 bits per heavy atom. The van der Waals surface area contributed by atoms with Crippen molar-refractivity contribution >= 4 is 0 Å². The second-order valence-electron chi connectivity index (χ2n) is 10.8. The molecule has 3 fully saturated rings. The summed E-state index contributed by atoms with van der Waals surface area (Å²) in [5.74, 6) is 3.65. The molecule has 30 heavy (non-hydrogen) atoms. The molecule has 0 saturated heterocycles. The van der Waals surface area contributed by atoms with E-state index in [9.17, 15) is 5.11 Å². The number of methoxy groups -OCH3 is 1. The van der Waals surface area contributed by atoms with E-state index in [2.05, 4.69) is 29.8 Å². The summed E-state index contributed by atoms with van der Waals surface area (Å²) < 4.78 is 5.32. The number of ether oxygens (including phenoxy) is 1. The van der Waals surface area contributed by atoms with Gasteiger partial charge < -0.3 is 9.84 Å². The molecule has 7 atom stereocenters. The third kappa shape index (κ3) is 3.29. The first-order valence-electron chi connectivity index (χ1n) is 11.9. The van der Waals surface area contributed by atoms with Crippen LogP contribution < -0.4 is 0 Å². The summed E-state index contributed by atoms with van der Waals surface area (Å²) in [6.45, 7) is 8.25. The maximum Gasteiger partial charge on any atom is 0.0917 e. The van der Waals surface area contributed by atoms with Crippen LogP contribution >= 0.6 is 0 Å². The highest BCUT2D eigenvalue weighted by Crippen LogP contribution is 2.64. The predicted molar refractivity (Wildman–Crippen MR) is 117 cm³/mol. The maximum absolute atomic E-state index is 10.9. The lowest BCUT2D eigenvalue weighted by Crippen LogP contribution is -2.48. The van der Waals surface area contributed by atoms with Crippen LogP contribution in [0.15, 0.2) is 36.2 Å². The molecular weight excluding hydrogens is 374 g/mol. The van der Waals surface area contributed by atoms with Crippen molar-refractivity contribution in [3.05, 3.63) is 36.2 Å². The minimum atomic E-state index is -0.649. The van der Waals surface area contributed by atoms with E-state index in [0.29, 0.717) is 23.9 Å². The molecule has 4 aliphatic rings. The standard InChI is InChI=1S/C25H37N3O2/c1-17(15-28-26-12-13-27-28)22-6-7-23-21-5-4-18-14-25(29,16-30-3)11-9-19(18)20(21)8-10-24(22,23)2/h4,12-13,19-23,29H,1,5-11,14-16H2,2-3H3/t19-,20+,21+,22+,23-,24+,25-/m0/s1. The summed E-state index contributed by atoms with van der Waals surface area (Å²) >= 11 is 0. The largest absolute Gasteiger partial charge is 0.387 e. The van der Waals surface area contributed by atoms with Gasteiger partial charge in [0, 0.05) is 7.11 Å². The van der Waals surface area contributed by atoms with Gasteiger partial charge in [-0.05, 0) is 86.4 Å². The van der Waals surface area contributed by atoms with E-state index in [1.807, 2.05) is 0 Å². The summed E-state index contributed by atoms with van der Waals surface area (Å²) in [6, 6.07) is 0. The van der Waals surface area contributed by atoms with E-state index in [1.165, 1.54) is 43.3 Å². The summed E-state index contributed by atoms with van der Waals surface area (Å²) in [4.78, 5) is 1.78. The number of hydrogen-bond donors (Lipinski definition) is 1. The third-order valence-corrected chi connectivity index (χ3v) is 9.31. The molecule has 0 amide bonds. The van der Waals surface area contributed by atoms with Crippen LogP contribution in [0, 0.1) is 35.0 Å². The smallest absolute Gasteiger partial charge is 0.0917 e. The molecule has 5 rings (SSSR count). The average Bonchev–Trinajstić information content (AvgIpc) is 3.34. The highest BCUT2D eigenvalue weighted by molar-refractivity contribution is 5.23. The van der Waals surface area contributed by atoms with E-state index in [-0.39, 0.29) is 0 Å². The number of fused-ring (bicyclic) bond motifs is 5. The normalized spacial score (nSPS) is 42.8. The molecule has 1 N–H and O–H groups in total. The number of rotatable bonds is 5. The zero-order chi connectivity index (χ0) is 20.9. The summed E-state index contributed by atoms with van der Waals surface area (Å²) in [5.41, 5.74) is 2.55. The van der Waals surface area contributed by atoms with E-state index >= 15 is 0 Å². The molecule has 164 valence electrons. The lowest BCUT2D eigenvalue weighted by Gasteiger charge is -2.54. The molecule has 5 heteroatoms. The maximum atomic E-state index is 10.9. The van der Waals surface area contributed by atoms with Crippen molar-refractivity contribution < 1.29 is 9.84 Å². The Bertz CT molecular complexity index is 818. The molecule has 1 aromatic rings.